The molecule has 1 unspecified atom stereocenters. The standard InChI is InChI=1S/C12H25N3O3/c1-10(16)13-11(12(17)18-5)9-15(4)8-6-7-14(2)3/h11H,6-9H2,1-5H3,(H,13,16). The Bertz CT molecular complexity index is 269. The molecule has 1 atom stereocenters. The highest BCUT2D eigenvalue weighted by Crippen LogP contribution is 1.95. The molecule has 0 aliphatic carbocycles. The van der Waals surface area contributed by atoms with Gasteiger partial charge in [-0.15, -0.1) is 0 Å². The first-order valence-electron chi connectivity index (χ1n) is 6.05. The molecule has 6 nitrogen and oxygen atoms in total. The van der Waals surface area contributed by atoms with Gasteiger partial charge in [0.05, 0.1) is 7.11 Å². The van der Waals surface area contributed by atoms with Gasteiger partial charge < -0.3 is 19.9 Å². The third-order valence-electron chi connectivity index (χ3n) is 2.50. The van der Waals surface area contributed by atoms with Gasteiger partial charge in [0, 0.05) is 13.5 Å². The average molecular weight is 259 g/mol. The second-order valence-electron chi connectivity index (χ2n) is 4.70. The van der Waals surface area contributed by atoms with E-state index >= 15 is 0 Å². The lowest BCUT2D eigenvalue weighted by molar-refractivity contribution is -0.145. The molecule has 6 heteroatoms. The molecule has 18 heavy (non-hydrogen) atoms. The van der Waals surface area contributed by atoms with Gasteiger partial charge in [-0.1, -0.05) is 0 Å². The number of carbonyl (C=O) groups is 2. The molecule has 0 aromatic rings. The fraction of sp³-hybridized carbons (Fsp3) is 0.833. The van der Waals surface area contributed by atoms with E-state index < -0.39 is 12.0 Å². The van der Waals surface area contributed by atoms with Gasteiger partial charge in [-0.05, 0) is 40.7 Å². The number of nitrogens with zero attached hydrogens (tertiary/aromatic N) is 2. The van der Waals surface area contributed by atoms with Crippen molar-refractivity contribution in [3.63, 3.8) is 0 Å². The number of amides is 1. The van der Waals surface area contributed by atoms with Crippen LogP contribution in [0.25, 0.3) is 0 Å². The zero-order valence-corrected chi connectivity index (χ0v) is 12.0. The predicted octanol–water partition coefficient (Wildman–Crippen LogP) is -0.452. The van der Waals surface area contributed by atoms with Crippen molar-refractivity contribution in [1.29, 1.82) is 0 Å². The second-order valence-corrected chi connectivity index (χ2v) is 4.70. The fourth-order valence-corrected chi connectivity index (χ4v) is 1.63. The zero-order chi connectivity index (χ0) is 14.1. The van der Waals surface area contributed by atoms with E-state index in [-0.39, 0.29) is 5.91 Å². The molecule has 0 aliphatic rings. The van der Waals surface area contributed by atoms with Crippen molar-refractivity contribution in [3.05, 3.63) is 0 Å². The van der Waals surface area contributed by atoms with Gasteiger partial charge in [0.1, 0.15) is 6.04 Å². The minimum absolute atomic E-state index is 0.230. The lowest BCUT2D eigenvalue weighted by Gasteiger charge is -2.23. The highest BCUT2D eigenvalue weighted by atomic mass is 16.5. The Balaban J connectivity index is 4.13. The van der Waals surface area contributed by atoms with Gasteiger partial charge >= 0.3 is 5.97 Å². The van der Waals surface area contributed by atoms with Crippen LogP contribution in [0.5, 0.6) is 0 Å². The van der Waals surface area contributed by atoms with Crippen LogP contribution in [-0.4, -0.2) is 75.6 Å². The van der Waals surface area contributed by atoms with Crippen LogP contribution in [-0.2, 0) is 14.3 Å². The zero-order valence-electron chi connectivity index (χ0n) is 12.0. The number of hydrogen-bond donors (Lipinski definition) is 1. The summed E-state index contributed by atoms with van der Waals surface area (Å²) in [4.78, 5) is 26.6. The fourth-order valence-electron chi connectivity index (χ4n) is 1.63. The van der Waals surface area contributed by atoms with E-state index in [1.54, 1.807) is 0 Å². The Morgan fingerprint density at radius 3 is 2.28 bits per heavy atom. The van der Waals surface area contributed by atoms with Crippen LogP contribution in [0.1, 0.15) is 13.3 Å². The Hall–Kier alpha value is -1.14. The van der Waals surface area contributed by atoms with E-state index in [0.29, 0.717) is 6.54 Å². The maximum atomic E-state index is 11.5. The Kier molecular flexibility index (Phi) is 8.32. The van der Waals surface area contributed by atoms with Gasteiger partial charge in [0.25, 0.3) is 0 Å². The number of nitrogens with one attached hydrogen (secondary N) is 1. The van der Waals surface area contributed by atoms with Crippen molar-refractivity contribution < 1.29 is 14.3 Å². The van der Waals surface area contributed by atoms with Gasteiger partial charge in [0.2, 0.25) is 5.91 Å². The lowest BCUT2D eigenvalue weighted by atomic mass is 10.2. The summed E-state index contributed by atoms with van der Waals surface area (Å²) in [5.41, 5.74) is 0. The highest BCUT2D eigenvalue weighted by molar-refractivity contribution is 5.83. The summed E-state index contributed by atoms with van der Waals surface area (Å²) in [6.45, 7) is 3.71. The quantitative estimate of drug-likeness (QED) is 0.598. The summed E-state index contributed by atoms with van der Waals surface area (Å²) in [6, 6.07) is -0.600. The van der Waals surface area contributed by atoms with E-state index in [1.807, 2.05) is 26.0 Å². The lowest BCUT2D eigenvalue weighted by Crippen LogP contribution is -2.47. The number of likely N-dealkylation sites (N-methyl/N-ethyl adjacent to an activating group) is 1. The Morgan fingerprint density at radius 1 is 1.22 bits per heavy atom. The Labute approximate surface area is 109 Å². The van der Waals surface area contributed by atoms with Crippen molar-refractivity contribution in [2.45, 2.75) is 19.4 Å². The molecule has 0 saturated carbocycles. The average Bonchev–Trinajstić information content (AvgIpc) is 2.25. The number of carbonyl (C=O) groups excluding carboxylic acids is 2. The molecular formula is C12H25N3O3. The van der Waals surface area contributed by atoms with Crippen molar-refractivity contribution in [1.82, 2.24) is 15.1 Å². The molecule has 1 N–H and O–H groups in total. The molecule has 0 fully saturated rings. The van der Waals surface area contributed by atoms with E-state index in [9.17, 15) is 9.59 Å². The third-order valence-corrected chi connectivity index (χ3v) is 2.50. The molecule has 0 aromatic carbocycles. The van der Waals surface area contributed by atoms with Gasteiger partial charge in [-0.3, -0.25) is 4.79 Å². The van der Waals surface area contributed by atoms with Crippen molar-refractivity contribution in [2.24, 2.45) is 0 Å². The van der Waals surface area contributed by atoms with E-state index in [0.717, 1.165) is 19.5 Å². The summed E-state index contributed by atoms with van der Waals surface area (Å²) >= 11 is 0. The SMILES string of the molecule is COC(=O)C(CN(C)CCCN(C)C)NC(C)=O. The predicted molar refractivity (Wildman–Crippen MR) is 70.3 cm³/mol. The number of methoxy groups -OCH3 is 1. The minimum atomic E-state index is -0.600. The van der Waals surface area contributed by atoms with Crippen molar-refractivity contribution in [2.75, 3.05) is 47.9 Å². The molecule has 0 aromatic heterocycles. The highest BCUT2D eigenvalue weighted by Gasteiger charge is 2.21. The first-order chi connectivity index (χ1) is 8.36. The summed E-state index contributed by atoms with van der Waals surface area (Å²) in [6.07, 6.45) is 1.01. The molecule has 1 amide bonds. The van der Waals surface area contributed by atoms with Crippen LogP contribution in [0, 0.1) is 0 Å². The van der Waals surface area contributed by atoms with Gasteiger partial charge in [-0.2, -0.15) is 0 Å². The summed E-state index contributed by atoms with van der Waals surface area (Å²) in [7, 11) is 7.29. The molecular weight excluding hydrogens is 234 g/mol. The van der Waals surface area contributed by atoms with E-state index in [4.69, 9.17) is 0 Å². The number of rotatable bonds is 8. The van der Waals surface area contributed by atoms with Crippen LogP contribution in [0.15, 0.2) is 0 Å². The molecule has 0 heterocycles. The molecule has 0 rings (SSSR count). The maximum absolute atomic E-state index is 11.5. The molecule has 0 aliphatic heterocycles. The van der Waals surface area contributed by atoms with Crippen LogP contribution in [0.4, 0.5) is 0 Å². The number of hydrogen-bond acceptors (Lipinski definition) is 5. The summed E-state index contributed by atoms with van der Waals surface area (Å²) in [5, 5.41) is 2.60. The number of ether oxygens (including phenoxy) is 1. The van der Waals surface area contributed by atoms with Crippen molar-refractivity contribution >= 4 is 11.9 Å². The van der Waals surface area contributed by atoms with Crippen LogP contribution >= 0.6 is 0 Å². The first kappa shape index (κ1) is 16.9. The smallest absolute Gasteiger partial charge is 0.329 e. The normalized spacial score (nSPS) is 12.6. The molecule has 106 valence electrons. The molecule has 0 radical (unpaired) electrons. The Morgan fingerprint density at radius 2 is 1.83 bits per heavy atom. The molecule has 0 saturated heterocycles. The second kappa shape index (κ2) is 8.88. The largest absolute Gasteiger partial charge is 0.467 e. The summed E-state index contributed by atoms with van der Waals surface area (Å²) < 4.78 is 4.67. The monoisotopic (exact) mass is 259 g/mol. The van der Waals surface area contributed by atoms with Crippen LogP contribution in [0.2, 0.25) is 0 Å². The van der Waals surface area contributed by atoms with Gasteiger partial charge in [-0.25, -0.2) is 4.79 Å². The van der Waals surface area contributed by atoms with Gasteiger partial charge in [0.15, 0.2) is 0 Å². The topological polar surface area (TPSA) is 61.9 Å². The minimum Gasteiger partial charge on any atom is -0.467 e. The number of esters is 1. The molecule has 0 spiro atoms. The van der Waals surface area contributed by atoms with E-state index in [2.05, 4.69) is 15.0 Å². The summed E-state index contributed by atoms with van der Waals surface area (Å²) in [5.74, 6) is -0.642. The first-order valence-corrected chi connectivity index (χ1v) is 6.05. The van der Waals surface area contributed by atoms with Crippen molar-refractivity contribution in [3.8, 4) is 0 Å². The van der Waals surface area contributed by atoms with Crippen LogP contribution < -0.4 is 5.32 Å². The third kappa shape index (κ3) is 8.03. The molecule has 0 bridgehead atoms. The van der Waals surface area contributed by atoms with Crippen LogP contribution in [0.3, 0.4) is 0 Å². The maximum Gasteiger partial charge on any atom is 0.329 e. The van der Waals surface area contributed by atoms with E-state index in [1.165, 1.54) is 14.0 Å².